The molecule has 8 rings (SSSR count). The number of amides is 2. The number of fused-ring (bicyclic) bond motifs is 2. The van der Waals surface area contributed by atoms with Crippen LogP contribution in [0.1, 0.15) is 41.5 Å². The summed E-state index contributed by atoms with van der Waals surface area (Å²) in [6, 6.07) is 10.8. The van der Waals surface area contributed by atoms with Crippen LogP contribution in [0.25, 0.3) is 5.65 Å². The van der Waals surface area contributed by atoms with Gasteiger partial charge in [-0.25, -0.2) is 13.8 Å². The third kappa shape index (κ3) is 4.74. The largest absolute Gasteiger partial charge is 0.368 e. The summed E-state index contributed by atoms with van der Waals surface area (Å²) in [6.45, 7) is 3.67. The first-order valence-electron chi connectivity index (χ1n) is 14.8. The number of rotatable bonds is 6. The zero-order valence-corrected chi connectivity index (χ0v) is 23.4. The molecule has 4 aromatic rings. The van der Waals surface area contributed by atoms with Gasteiger partial charge in [-0.05, 0) is 73.6 Å². The molecule has 1 N–H and O–H groups in total. The summed E-state index contributed by atoms with van der Waals surface area (Å²) in [5, 5.41) is 11.1. The van der Waals surface area contributed by atoms with Gasteiger partial charge < -0.3 is 20.0 Å². The van der Waals surface area contributed by atoms with E-state index in [1.165, 1.54) is 18.3 Å². The summed E-state index contributed by atoms with van der Waals surface area (Å²) in [5.74, 6) is 0.458. The first-order chi connectivity index (χ1) is 20.9. The van der Waals surface area contributed by atoms with Gasteiger partial charge in [-0.15, -0.1) is 10.2 Å². The molecule has 0 bridgehead atoms. The van der Waals surface area contributed by atoms with Crippen molar-refractivity contribution in [2.24, 2.45) is 17.8 Å². The van der Waals surface area contributed by atoms with Crippen molar-refractivity contribution in [3.63, 3.8) is 0 Å². The van der Waals surface area contributed by atoms with E-state index in [-0.39, 0.29) is 23.7 Å². The van der Waals surface area contributed by atoms with Crippen LogP contribution in [0.4, 0.5) is 26.0 Å². The predicted octanol–water partition coefficient (Wildman–Crippen LogP) is 3.91. The number of benzene rings is 2. The van der Waals surface area contributed by atoms with Gasteiger partial charge in [0.25, 0.3) is 5.91 Å². The molecule has 2 saturated carbocycles. The van der Waals surface area contributed by atoms with E-state index in [4.69, 9.17) is 0 Å². The number of hydrogen-bond acceptors (Lipinski definition) is 7. The number of hydrogen-bond donors (Lipinski definition) is 1. The summed E-state index contributed by atoms with van der Waals surface area (Å²) in [5.41, 5.74) is 2.38. The standard InChI is InChI=1S/C31H30F2N8O2/c32-20-3-8-25(33)24(14-20)28-23-13-19(23)16-40(28)27-17-41-26(15-34-27)36-37-29(41)30(42)35-21-4-6-22(7-5-21)38-9-11-39(12-10-38)31(43)18-1-2-18/h3-8,14-15,17-19,23,28H,1-2,9-13,16H2,(H,35,42)/t19?,23?,28-/m1/s1. The van der Waals surface area contributed by atoms with Crippen LogP contribution in [0.3, 0.4) is 0 Å². The van der Waals surface area contributed by atoms with Gasteiger partial charge in [0, 0.05) is 55.6 Å². The number of aromatic nitrogens is 4. The minimum atomic E-state index is -0.474. The van der Waals surface area contributed by atoms with E-state index >= 15 is 0 Å². The van der Waals surface area contributed by atoms with Gasteiger partial charge in [0.2, 0.25) is 11.7 Å². The average Bonchev–Trinajstić information content (AvgIpc) is 3.95. The second kappa shape index (κ2) is 9.99. The highest BCUT2D eigenvalue weighted by Crippen LogP contribution is 2.57. The predicted molar refractivity (Wildman–Crippen MR) is 155 cm³/mol. The molecule has 2 saturated heterocycles. The van der Waals surface area contributed by atoms with E-state index in [0.717, 1.165) is 57.2 Å². The van der Waals surface area contributed by atoms with E-state index in [9.17, 15) is 18.4 Å². The van der Waals surface area contributed by atoms with E-state index < -0.39 is 17.5 Å². The van der Waals surface area contributed by atoms with Crippen molar-refractivity contribution in [1.29, 1.82) is 0 Å². The van der Waals surface area contributed by atoms with Crippen LogP contribution in [-0.4, -0.2) is 69.0 Å². The lowest BCUT2D eigenvalue weighted by Crippen LogP contribution is -2.49. The highest BCUT2D eigenvalue weighted by atomic mass is 19.1. The van der Waals surface area contributed by atoms with Crippen LogP contribution >= 0.6 is 0 Å². The van der Waals surface area contributed by atoms with Crippen molar-refractivity contribution >= 4 is 34.7 Å². The Morgan fingerprint density at radius 2 is 1.74 bits per heavy atom. The van der Waals surface area contributed by atoms with Crippen LogP contribution in [0.15, 0.2) is 54.9 Å². The minimum Gasteiger partial charge on any atom is -0.368 e. The Balaban J connectivity index is 0.976. The fourth-order valence-electron chi connectivity index (χ4n) is 6.65. The van der Waals surface area contributed by atoms with Crippen molar-refractivity contribution in [2.75, 3.05) is 47.8 Å². The number of carbonyl (C=O) groups is 2. The van der Waals surface area contributed by atoms with Crippen LogP contribution in [0, 0.1) is 29.4 Å². The number of halogens is 2. The summed E-state index contributed by atoms with van der Waals surface area (Å²) in [4.78, 5) is 36.4. The van der Waals surface area contributed by atoms with Gasteiger partial charge in [-0.1, -0.05) is 0 Å². The summed E-state index contributed by atoms with van der Waals surface area (Å²) >= 11 is 0. The zero-order chi connectivity index (χ0) is 29.2. The molecule has 4 heterocycles. The molecule has 43 heavy (non-hydrogen) atoms. The molecule has 12 heteroatoms. The number of carbonyl (C=O) groups excluding carboxylic acids is 2. The maximum atomic E-state index is 14.8. The monoisotopic (exact) mass is 584 g/mol. The summed E-state index contributed by atoms with van der Waals surface area (Å²) in [7, 11) is 0. The smallest absolute Gasteiger partial charge is 0.293 e. The molecule has 0 radical (unpaired) electrons. The Hall–Kier alpha value is -4.61. The Morgan fingerprint density at radius 1 is 0.953 bits per heavy atom. The molecule has 2 aromatic carbocycles. The van der Waals surface area contributed by atoms with Crippen LogP contribution in [-0.2, 0) is 4.79 Å². The second-order valence-electron chi connectivity index (χ2n) is 12.0. The van der Waals surface area contributed by atoms with Crippen molar-refractivity contribution in [3.8, 4) is 0 Å². The summed E-state index contributed by atoms with van der Waals surface area (Å²) < 4.78 is 30.4. The van der Waals surface area contributed by atoms with E-state index in [1.54, 1.807) is 10.6 Å². The average molecular weight is 585 g/mol. The first kappa shape index (κ1) is 26.1. The van der Waals surface area contributed by atoms with E-state index in [2.05, 4.69) is 25.4 Å². The van der Waals surface area contributed by atoms with Crippen molar-refractivity contribution in [3.05, 3.63) is 77.9 Å². The molecule has 2 unspecified atom stereocenters. The highest BCUT2D eigenvalue weighted by molar-refractivity contribution is 6.02. The van der Waals surface area contributed by atoms with Gasteiger partial charge in [0.05, 0.1) is 18.4 Å². The third-order valence-electron chi connectivity index (χ3n) is 9.21. The molecule has 3 atom stereocenters. The lowest BCUT2D eigenvalue weighted by atomic mass is 10.0. The number of anilines is 3. The lowest BCUT2D eigenvalue weighted by molar-refractivity contribution is -0.132. The molecular formula is C31H30F2N8O2. The van der Waals surface area contributed by atoms with E-state index in [0.29, 0.717) is 41.1 Å². The SMILES string of the molecule is O=C(Nc1ccc(N2CCN(C(=O)C3CC3)CC2)cc1)c1nnc2cnc(N3CC4CC4[C@@H]3c3cc(F)ccc3F)cn12. The molecular weight excluding hydrogens is 554 g/mol. The molecule has 2 amide bonds. The normalized spacial score (nSPS) is 23.0. The number of piperazine rings is 1. The van der Waals surface area contributed by atoms with Gasteiger partial charge in [-0.2, -0.15) is 0 Å². The van der Waals surface area contributed by atoms with Gasteiger partial charge >= 0.3 is 0 Å². The molecule has 2 aliphatic heterocycles. The topological polar surface area (TPSA) is 99.0 Å². The minimum absolute atomic E-state index is 0.0945. The molecule has 220 valence electrons. The molecule has 4 fully saturated rings. The van der Waals surface area contributed by atoms with Gasteiger partial charge in [0.1, 0.15) is 17.5 Å². The zero-order valence-electron chi connectivity index (χ0n) is 23.4. The maximum Gasteiger partial charge on any atom is 0.293 e. The molecule has 0 spiro atoms. The van der Waals surface area contributed by atoms with Crippen molar-refractivity contribution in [1.82, 2.24) is 24.5 Å². The molecule has 2 aliphatic carbocycles. The third-order valence-corrected chi connectivity index (χ3v) is 9.21. The maximum absolute atomic E-state index is 14.8. The molecule has 10 nitrogen and oxygen atoms in total. The van der Waals surface area contributed by atoms with Crippen LogP contribution in [0.2, 0.25) is 0 Å². The fourth-order valence-corrected chi connectivity index (χ4v) is 6.65. The Kier molecular flexibility index (Phi) is 6.05. The Labute approximate surface area is 246 Å². The van der Waals surface area contributed by atoms with Crippen molar-refractivity contribution in [2.45, 2.75) is 25.3 Å². The van der Waals surface area contributed by atoms with Crippen LogP contribution in [0.5, 0.6) is 0 Å². The van der Waals surface area contributed by atoms with Crippen molar-refractivity contribution < 1.29 is 18.4 Å². The summed E-state index contributed by atoms with van der Waals surface area (Å²) in [6.07, 6.45) is 6.23. The Bertz CT molecular complexity index is 1730. The van der Waals surface area contributed by atoms with Crippen LogP contribution < -0.4 is 15.1 Å². The first-order valence-corrected chi connectivity index (χ1v) is 14.8. The number of nitrogens with one attached hydrogen (secondary N) is 1. The molecule has 2 aromatic heterocycles. The molecule has 4 aliphatic rings. The quantitative estimate of drug-likeness (QED) is 0.367. The fraction of sp³-hybridized carbons (Fsp3) is 0.387. The Morgan fingerprint density at radius 3 is 2.51 bits per heavy atom. The number of nitrogens with zero attached hydrogens (tertiary/aromatic N) is 7. The van der Waals surface area contributed by atoms with Gasteiger partial charge in [-0.3, -0.25) is 14.0 Å². The second-order valence-corrected chi connectivity index (χ2v) is 12.0. The lowest BCUT2D eigenvalue weighted by Gasteiger charge is -2.36. The van der Waals surface area contributed by atoms with Gasteiger partial charge in [0.15, 0.2) is 5.65 Å². The number of piperidine rings is 1. The van der Waals surface area contributed by atoms with E-state index in [1.807, 2.05) is 34.1 Å². The highest BCUT2D eigenvalue weighted by Gasteiger charge is 2.54.